The minimum atomic E-state index is -0.439. The summed E-state index contributed by atoms with van der Waals surface area (Å²) in [7, 11) is 0. The number of benzene rings is 1. The third kappa shape index (κ3) is 4.97. The minimum absolute atomic E-state index is 0.00808. The van der Waals surface area contributed by atoms with Crippen molar-refractivity contribution in [3.8, 4) is 0 Å². The van der Waals surface area contributed by atoms with Crippen LogP contribution in [0.15, 0.2) is 24.3 Å². The lowest BCUT2D eigenvalue weighted by atomic mass is 10.1. The van der Waals surface area contributed by atoms with Crippen molar-refractivity contribution in [2.45, 2.75) is 20.8 Å². The van der Waals surface area contributed by atoms with E-state index in [1.165, 1.54) is 6.92 Å². The Morgan fingerprint density at radius 1 is 1.22 bits per heavy atom. The van der Waals surface area contributed by atoms with Gasteiger partial charge in [-0.2, -0.15) is 0 Å². The van der Waals surface area contributed by atoms with E-state index in [1.54, 1.807) is 24.3 Å². The van der Waals surface area contributed by atoms with Gasteiger partial charge in [0.15, 0.2) is 5.78 Å². The summed E-state index contributed by atoms with van der Waals surface area (Å²) in [5, 5.41) is 2.60. The molecule has 0 spiro atoms. The molecule has 0 bridgehead atoms. The number of urea groups is 1. The molecule has 0 saturated heterocycles. The van der Waals surface area contributed by atoms with Crippen molar-refractivity contribution in [1.29, 1.82) is 0 Å². The Hall–Kier alpha value is -1.88. The van der Waals surface area contributed by atoms with Crippen LogP contribution in [0.5, 0.6) is 0 Å². The van der Waals surface area contributed by atoms with E-state index in [0.29, 0.717) is 23.8 Å². The molecule has 0 fully saturated rings. The first-order valence-corrected chi connectivity index (χ1v) is 5.79. The number of amides is 2. The van der Waals surface area contributed by atoms with Crippen LogP contribution in [0.2, 0.25) is 0 Å². The monoisotopic (exact) mass is 250 g/mol. The van der Waals surface area contributed by atoms with Crippen molar-refractivity contribution in [2.75, 3.05) is 11.9 Å². The Bertz CT molecular complexity index is 413. The summed E-state index contributed by atoms with van der Waals surface area (Å²) in [6, 6.07) is 6.21. The van der Waals surface area contributed by atoms with Crippen LogP contribution in [0, 0.1) is 5.92 Å². The Balaban J connectivity index is 2.42. The first-order chi connectivity index (χ1) is 8.49. The first-order valence-electron chi connectivity index (χ1n) is 5.79. The van der Waals surface area contributed by atoms with E-state index < -0.39 is 6.03 Å². The fraction of sp³-hybridized carbons (Fsp3) is 0.385. The van der Waals surface area contributed by atoms with E-state index in [1.807, 2.05) is 13.8 Å². The van der Waals surface area contributed by atoms with Gasteiger partial charge in [-0.3, -0.25) is 9.63 Å². The predicted molar refractivity (Wildman–Crippen MR) is 69.4 cm³/mol. The van der Waals surface area contributed by atoms with Crippen LogP contribution in [0.3, 0.4) is 0 Å². The van der Waals surface area contributed by atoms with E-state index in [0.717, 1.165) is 0 Å². The van der Waals surface area contributed by atoms with E-state index in [2.05, 4.69) is 10.8 Å². The number of ketones is 1. The van der Waals surface area contributed by atoms with E-state index >= 15 is 0 Å². The zero-order valence-corrected chi connectivity index (χ0v) is 10.8. The van der Waals surface area contributed by atoms with Crippen molar-refractivity contribution < 1.29 is 14.4 Å². The van der Waals surface area contributed by atoms with Gasteiger partial charge in [0.1, 0.15) is 0 Å². The number of hydrogen-bond donors (Lipinski definition) is 2. The highest BCUT2D eigenvalue weighted by atomic mass is 16.7. The number of carbonyl (C=O) groups is 2. The molecule has 18 heavy (non-hydrogen) atoms. The summed E-state index contributed by atoms with van der Waals surface area (Å²) < 4.78 is 0. The molecular weight excluding hydrogens is 232 g/mol. The molecule has 0 aliphatic carbocycles. The fourth-order valence-electron chi connectivity index (χ4n) is 1.22. The number of hydrogen-bond acceptors (Lipinski definition) is 3. The van der Waals surface area contributed by atoms with Gasteiger partial charge >= 0.3 is 6.03 Å². The molecule has 0 aromatic heterocycles. The van der Waals surface area contributed by atoms with Crippen LogP contribution < -0.4 is 10.8 Å². The van der Waals surface area contributed by atoms with Gasteiger partial charge in [-0.15, -0.1) is 0 Å². The highest BCUT2D eigenvalue weighted by molar-refractivity contribution is 5.95. The zero-order chi connectivity index (χ0) is 13.5. The SMILES string of the molecule is CC(=O)c1ccc(NC(=O)NOCC(C)C)cc1. The molecule has 0 aliphatic heterocycles. The summed E-state index contributed by atoms with van der Waals surface area (Å²) in [4.78, 5) is 27.4. The van der Waals surface area contributed by atoms with Crippen molar-refractivity contribution in [1.82, 2.24) is 5.48 Å². The van der Waals surface area contributed by atoms with E-state index in [-0.39, 0.29) is 5.78 Å². The van der Waals surface area contributed by atoms with Gasteiger partial charge in [0, 0.05) is 11.3 Å². The van der Waals surface area contributed by atoms with Crippen LogP contribution >= 0.6 is 0 Å². The molecule has 0 radical (unpaired) electrons. The van der Waals surface area contributed by atoms with Crippen LogP contribution in [0.25, 0.3) is 0 Å². The molecule has 0 saturated carbocycles. The van der Waals surface area contributed by atoms with Crippen LogP contribution in [-0.2, 0) is 4.84 Å². The molecule has 1 aromatic rings. The normalized spacial score (nSPS) is 10.2. The second-order valence-corrected chi connectivity index (χ2v) is 4.39. The summed E-state index contributed by atoms with van der Waals surface area (Å²) >= 11 is 0. The smallest absolute Gasteiger partial charge is 0.306 e. The van der Waals surface area contributed by atoms with Crippen LogP contribution in [0.1, 0.15) is 31.1 Å². The average Bonchev–Trinajstić information content (AvgIpc) is 2.29. The predicted octanol–water partition coefficient (Wildman–Crippen LogP) is 2.60. The number of Topliss-reactive ketones (excluding diaryl/α,β-unsaturated/α-hetero) is 1. The highest BCUT2D eigenvalue weighted by Gasteiger charge is 2.03. The Morgan fingerprint density at radius 3 is 2.33 bits per heavy atom. The molecule has 0 atom stereocenters. The molecule has 0 aliphatic rings. The zero-order valence-electron chi connectivity index (χ0n) is 10.8. The lowest BCUT2D eigenvalue weighted by molar-refractivity contribution is 0.0482. The van der Waals surface area contributed by atoms with E-state index in [4.69, 9.17) is 4.84 Å². The van der Waals surface area contributed by atoms with Crippen LogP contribution in [-0.4, -0.2) is 18.4 Å². The number of hydroxylamine groups is 1. The maximum absolute atomic E-state index is 11.4. The third-order valence-corrected chi connectivity index (χ3v) is 2.13. The molecule has 98 valence electrons. The Morgan fingerprint density at radius 2 is 1.83 bits per heavy atom. The average molecular weight is 250 g/mol. The third-order valence-electron chi connectivity index (χ3n) is 2.13. The van der Waals surface area contributed by atoms with Gasteiger partial charge < -0.3 is 5.32 Å². The van der Waals surface area contributed by atoms with Gasteiger partial charge in [-0.05, 0) is 37.1 Å². The van der Waals surface area contributed by atoms with Gasteiger partial charge in [0.05, 0.1) is 6.61 Å². The molecule has 1 rings (SSSR count). The van der Waals surface area contributed by atoms with Crippen molar-refractivity contribution in [2.24, 2.45) is 5.92 Å². The summed E-state index contributed by atoms with van der Waals surface area (Å²) in [6.07, 6.45) is 0. The molecule has 0 heterocycles. The second-order valence-electron chi connectivity index (χ2n) is 4.39. The van der Waals surface area contributed by atoms with Crippen molar-refractivity contribution in [3.05, 3.63) is 29.8 Å². The number of anilines is 1. The second kappa shape index (κ2) is 6.76. The lowest BCUT2D eigenvalue weighted by Crippen LogP contribution is -2.30. The number of rotatable bonds is 5. The fourth-order valence-corrected chi connectivity index (χ4v) is 1.22. The van der Waals surface area contributed by atoms with Gasteiger partial charge in [-0.1, -0.05) is 13.8 Å². The van der Waals surface area contributed by atoms with Gasteiger partial charge in [0.2, 0.25) is 0 Å². The van der Waals surface area contributed by atoms with E-state index in [9.17, 15) is 9.59 Å². The quantitative estimate of drug-likeness (QED) is 0.623. The van der Waals surface area contributed by atoms with Crippen molar-refractivity contribution >= 4 is 17.5 Å². The summed E-state index contributed by atoms with van der Waals surface area (Å²) in [5.41, 5.74) is 3.49. The maximum Gasteiger partial charge on any atom is 0.343 e. The largest absolute Gasteiger partial charge is 0.343 e. The maximum atomic E-state index is 11.4. The highest BCUT2D eigenvalue weighted by Crippen LogP contribution is 2.09. The topological polar surface area (TPSA) is 67.4 Å². The molecule has 0 unspecified atom stereocenters. The van der Waals surface area contributed by atoms with Gasteiger partial charge in [0.25, 0.3) is 0 Å². The molecule has 2 N–H and O–H groups in total. The number of carbonyl (C=O) groups excluding carboxylic acids is 2. The van der Waals surface area contributed by atoms with Crippen molar-refractivity contribution in [3.63, 3.8) is 0 Å². The first kappa shape index (κ1) is 14.2. The summed E-state index contributed by atoms with van der Waals surface area (Å²) in [5.74, 6) is 0.339. The standard InChI is InChI=1S/C13H18N2O3/c1-9(2)8-18-15-13(17)14-12-6-4-11(5-7-12)10(3)16/h4-7,9H,8H2,1-3H3,(H2,14,15,17). The Labute approximate surface area is 106 Å². The molecule has 5 nitrogen and oxygen atoms in total. The molecule has 5 heteroatoms. The molecule has 1 aromatic carbocycles. The van der Waals surface area contributed by atoms with Crippen LogP contribution in [0.4, 0.5) is 10.5 Å². The number of nitrogens with one attached hydrogen (secondary N) is 2. The lowest BCUT2D eigenvalue weighted by Gasteiger charge is -2.09. The van der Waals surface area contributed by atoms with Gasteiger partial charge in [-0.25, -0.2) is 10.3 Å². The molecule has 2 amide bonds. The molecular formula is C13H18N2O3. The Kier molecular flexibility index (Phi) is 5.32. The minimum Gasteiger partial charge on any atom is -0.306 e. The summed E-state index contributed by atoms with van der Waals surface area (Å²) in [6.45, 7) is 5.92.